The summed E-state index contributed by atoms with van der Waals surface area (Å²) in [6.45, 7) is 4.57. The zero-order valence-corrected chi connectivity index (χ0v) is 16.5. The molecule has 0 fully saturated rings. The second-order valence-corrected chi connectivity index (χ2v) is 6.46. The topological polar surface area (TPSA) is 102 Å². The number of alkyl carbamates (subject to hydrolysis) is 1. The molecule has 0 spiro atoms. The molecule has 9 heteroatoms. The van der Waals surface area contributed by atoms with Crippen LogP contribution in [0.3, 0.4) is 0 Å². The van der Waals surface area contributed by atoms with E-state index in [9.17, 15) is 9.59 Å². The summed E-state index contributed by atoms with van der Waals surface area (Å²) in [7, 11) is 0. The predicted octanol–water partition coefficient (Wildman–Crippen LogP) is 3.42. The lowest BCUT2D eigenvalue weighted by Crippen LogP contribution is -2.26. The molecule has 1 amide bonds. The van der Waals surface area contributed by atoms with Gasteiger partial charge in [0.1, 0.15) is 18.0 Å². The minimum atomic E-state index is -0.531. The van der Waals surface area contributed by atoms with E-state index < -0.39 is 12.1 Å². The summed E-state index contributed by atoms with van der Waals surface area (Å²) < 4.78 is 10.3. The van der Waals surface area contributed by atoms with Gasteiger partial charge in [0.25, 0.3) is 0 Å². The third kappa shape index (κ3) is 7.40. The number of carbonyl (C=O) groups is 2. The van der Waals surface area contributed by atoms with Gasteiger partial charge in [0, 0.05) is 19.3 Å². The average molecular weight is 407 g/mol. The molecule has 0 saturated carbocycles. The molecule has 0 aliphatic rings. The van der Waals surface area contributed by atoms with Crippen LogP contribution in [-0.2, 0) is 16.1 Å². The molecule has 2 N–H and O–H groups in total. The minimum absolute atomic E-state index is 0.0196. The molecule has 2 aromatic rings. The van der Waals surface area contributed by atoms with Crippen LogP contribution in [0.15, 0.2) is 36.5 Å². The molecule has 0 aliphatic carbocycles. The van der Waals surface area contributed by atoms with Crippen molar-refractivity contribution in [1.29, 1.82) is 0 Å². The van der Waals surface area contributed by atoms with Gasteiger partial charge in [0.05, 0.1) is 6.10 Å². The van der Waals surface area contributed by atoms with Crippen LogP contribution in [0.25, 0.3) is 0 Å². The lowest BCUT2D eigenvalue weighted by molar-refractivity contribution is 0.0378. The third-order valence-electron chi connectivity index (χ3n) is 3.45. The highest BCUT2D eigenvalue weighted by Gasteiger charge is 2.17. The number of hydrogen-bond donors (Lipinski definition) is 2. The van der Waals surface area contributed by atoms with Gasteiger partial charge in [-0.25, -0.2) is 14.6 Å². The van der Waals surface area contributed by atoms with E-state index in [1.54, 1.807) is 13.8 Å². The Hall–Kier alpha value is -2.87. The highest BCUT2D eigenvalue weighted by Crippen LogP contribution is 2.16. The molecule has 0 radical (unpaired) electrons. The number of halogens is 1. The fourth-order valence-electron chi connectivity index (χ4n) is 2.18. The van der Waals surface area contributed by atoms with Gasteiger partial charge >= 0.3 is 12.1 Å². The first-order valence-corrected chi connectivity index (χ1v) is 9.25. The van der Waals surface area contributed by atoms with Gasteiger partial charge in [0.15, 0.2) is 0 Å². The number of nitrogens with zero attached hydrogens (tertiary/aromatic N) is 2. The van der Waals surface area contributed by atoms with E-state index in [0.29, 0.717) is 19.5 Å². The largest absolute Gasteiger partial charge is 0.459 e. The van der Waals surface area contributed by atoms with E-state index in [2.05, 4.69) is 20.6 Å². The standard InChI is InChI=1S/C19H23ClN4O4/c1-13(2)28-17(25)15-11-23-18(20)24-16(15)21-9-6-10-22-19(26)27-12-14-7-4-3-5-8-14/h3-5,7-8,11,13H,6,9-10,12H2,1-2H3,(H,22,26)(H,21,23,24). The summed E-state index contributed by atoms with van der Waals surface area (Å²) in [5.74, 6) is -0.242. The SMILES string of the molecule is CC(C)OC(=O)c1cnc(Cl)nc1NCCCNC(=O)OCc1ccccc1. The highest BCUT2D eigenvalue weighted by molar-refractivity contribution is 6.28. The van der Waals surface area contributed by atoms with Crippen molar-refractivity contribution < 1.29 is 19.1 Å². The van der Waals surface area contributed by atoms with E-state index >= 15 is 0 Å². The maximum atomic E-state index is 12.1. The van der Waals surface area contributed by atoms with Crippen molar-refractivity contribution >= 4 is 29.5 Å². The van der Waals surface area contributed by atoms with E-state index in [1.807, 2.05) is 30.3 Å². The number of hydrogen-bond acceptors (Lipinski definition) is 7. The lowest BCUT2D eigenvalue weighted by atomic mass is 10.2. The van der Waals surface area contributed by atoms with Crippen LogP contribution in [-0.4, -0.2) is 41.2 Å². The van der Waals surface area contributed by atoms with Gasteiger partial charge in [0.2, 0.25) is 5.28 Å². The zero-order valence-electron chi connectivity index (χ0n) is 15.8. The maximum Gasteiger partial charge on any atom is 0.407 e. The van der Waals surface area contributed by atoms with Crippen LogP contribution < -0.4 is 10.6 Å². The number of aromatic nitrogens is 2. The Kier molecular flexibility index (Phi) is 8.48. The summed E-state index contributed by atoms with van der Waals surface area (Å²) in [6.07, 6.45) is 1.15. The second kappa shape index (κ2) is 11.1. The van der Waals surface area contributed by atoms with E-state index in [-0.39, 0.29) is 29.4 Å². The Balaban J connectivity index is 1.73. The van der Waals surface area contributed by atoms with E-state index in [0.717, 1.165) is 5.56 Å². The van der Waals surface area contributed by atoms with Crippen LogP contribution in [0.2, 0.25) is 5.28 Å². The van der Waals surface area contributed by atoms with Gasteiger partial charge in [-0.15, -0.1) is 0 Å². The van der Waals surface area contributed by atoms with Crippen LogP contribution >= 0.6 is 11.6 Å². The van der Waals surface area contributed by atoms with Crippen molar-refractivity contribution in [2.45, 2.75) is 33.0 Å². The summed E-state index contributed by atoms with van der Waals surface area (Å²) in [4.78, 5) is 31.6. The number of anilines is 1. The quantitative estimate of drug-likeness (QED) is 0.373. The Morgan fingerprint density at radius 3 is 2.64 bits per heavy atom. The molecule has 1 aromatic heterocycles. The number of rotatable bonds is 9. The van der Waals surface area contributed by atoms with Gasteiger partial charge in [-0.05, 0) is 37.4 Å². The van der Waals surface area contributed by atoms with Crippen LogP contribution in [0.4, 0.5) is 10.6 Å². The molecule has 2 rings (SSSR count). The smallest absolute Gasteiger partial charge is 0.407 e. The normalized spacial score (nSPS) is 10.4. The average Bonchev–Trinajstić information content (AvgIpc) is 2.66. The van der Waals surface area contributed by atoms with Crippen molar-refractivity contribution in [3.05, 3.63) is 52.9 Å². The fourth-order valence-corrected chi connectivity index (χ4v) is 2.32. The van der Waals surface area contributed by atoms with Gasteiger partial charge in [-0.3, -0.25) is 0 Å². The number of nitrogens with one attached hydrogen (secondary N) is 2. The first-order valence-electron chi connectivity index (χ1n) is 8.87. The molecular formula is C19H23ClN4O4. The van der Waals surface area contributed by atoms with Crippen LogP contribution in [0, 0.1) is 0 Å². The molecule has 8 nitrogen and oxygen atoms in total. The summed E-state index contributed by atoms with van der Waals surface area (Å²) in [6, 6.07) is 9.42. The van der Waals surface area contributed by atoms with Crippen molar-refractivity contribution in [2.75, 3.05) is 18.4 Å². The van der Waals surface area contributed by atoms with Gasteiger partial charge < -0.3 is 20.1 Å². The highest BCUT2D eigenvalue weighted by atomic mass is 35.5. The van der Waals surface area contributed by atoms with Crippen molar-refractivity contribution in [3.63, 3.8) is 0 Å². The van der Waals surface area contributed by atoms with Crippen LogP contribution in [0.5, 0.6) is 0 Å². The molecule has 0 bridgehead atoms. The third-order valence-corrected chi connectivity index (χ3v) is 3.63. The summed E-state index contributed by atoms with van der Waals surface area (Å²) >= 11 is 5.81. The number of benzene rings is 1. The Morgan fingerprint density at radius 1 is 1.18 bits per heavy atom. The Labute approximate surface area is 168 Å². The second-order valence-electron chi connectivity index (χ2n) is 6.12. The Morgan fingerprint density at radius 2 is 1.93 bits per heavy atom. The molecule has 0 saturated heterocycles. The van der Waals surface area contributed by atoms with E-state index in [1.165, 1.54) is 6.20 Å². The number of carbonyl (C=O) groups excluding carboxylic acids is 2. The Bertz CT molecular complexity index is 787. The molecular weight excluding hydrogens is 384 g/mol. The van der Waals surface area contributed by atoms with Gasteiger partial charge in [-0.2, -0.15) is 4.98 Å². The van der Waals surface area contributed by atoms with Gasteiger partial charge in [-0.1, -0.05) is 30.3 Å². The zero-order chi connectivity index (χ0) is 20.4. The van der Waals surface area contributed by atoms with Crippen molar-refractivity contribution in [1.82, 2.24) is 15.3 Å². The molecule has 0 aliphatic heterocycles. The van der Waals surface area contributed by atoms with Crippen molar-refractivity contribution in [2.24, 2.45) is 0 Å². The first kappa shape index (κ1) is 21.4. The maximum absolute atomic E-state index is 12.1. The number of esters is 1. The number of amides is 1. The molecule has 150 valence electrons. The summed E-state index contributed by atoms with van der Waals surface area (Å²) in [5, 5.41) is 5.69. The fraction of sp³-hybridized carbons (Fsp3) is 0.368. The van der Waals surface area contributed by atoms with Crippen LogP contribution in [0.1, 0.15) is 36.2 Å². The number of ether oxygens (including phenoxy) is 2. The lowest BCUT2D eigenvalue weighted by Gasteiger charge is -2.12. The molecule has 0 unspecified atom stereocenters. The first-order chi connectivity index (χ1) is 13.5. The van der Waals surface area contributed by atoms with E-state index in [4.69, 9.17) is 21.1 Å². The van der Waals surface area contributed by atoms with Crippen molar-refractivity contribution in [3.8, 4) is 0 Å². The minimum Gasteiger partial charge on any atom is -0.459 e. The summed E-state index contributed by atoms with van der Waals surface area (Å²) in [5.41, 5.74) is 1.12. The molecule has 1 heterocycles. The molecule has 1 aromatic carbocycles. The monoisotopic (exact) mass is 406 g/mol. The molecule has 28 heavy (non-hydrogen) atoms. The predicted molar refractivity (Wildman–Crippen MR) is 105 cm³/mol. The molecule has 0 atom stereocenters.